The molecular formula is C20H18FN5O. The molecule has 5 rings (SSSR count). The summed E-state index contributed by atoms with van der Waals surface area (Å²) in [7, 11) is 0. The summed E-state index contributed by atoms with van der Waals surface area (Å²) in [5, 5.41) is 12.4. The molecule has 6 nitrogen and oxygen atoms in total. The summed E-state index contributed by atoms with van der Waals surface area (Å²) >= 11 is 0. The van der Waals surface area contributed by atoms with E-state index in [-0.39, 0.29) is 12.3 Å². The molecule has 0 aliphatic heterocycles. The molecule has 0 saturated heterocycles. The van der Waals surface area contributed by atoms with Crippen LogP contribution in [0.15, 0.2) is 36.8 Å². The van der Waals surface area contributed by atoms with Crippen LogP contribution in [-0.4, -0.2) is 27.3 Å². The standard InChI is InChI=1S/C20H18FN5O/c21-17-6-13(17)20(27)26-19-5-12-3-11(4-18(22)16(12)7-23-19)15-9-25-24-8-14(15)10-1-2-10/h3-5,7-10,13,17H,1-2,6,22H2,(H,23,26,27). The molecule has 7 heteroatoms. The minimum absolute atomic E-state index is 0.287. The van der Waals surface area contributed by atoms with Crippen molar-refractivity contribution < 1.29 is 9.18 Å². The first-order chi connectivity index (χ1) is 13.1. The SMILES string of the molecule is Nc1cc(-c2cnncc2C2CC2)cc2cc(NC(=O)C3CC3F)ncc12. The van der Waals surface area contributed by atoms with E-state index in [4.69, 9.17) is 5.73 Å². The van der Waals surface area contributed by atoms with Gasteiger partial charge in [0.05, 0.1) is 18.3 Å². The molecular weight excluding hydrogens is 345 g/mol. The Hall–Kier alpha value is -3.09. The molecule has 0 bridgehead atoms. The number of nitrogens with zero attached hydrogens (tertiary/aromatic N) is 3. The molecule has 3 aromatic rings. The maximum absolute atomic E-state index is 13.1. The number of hydrogen-bond donors (Lipinski definition) is 2. The molecule has 27 heavy (non-hydrogen) atoms. The molecule has 3 N–H and O–H groups in total. The molecule has 2 aromatic heterocycles. The number of pyridine rings is 1. The summed E-state index contributed by atoms with van der Waals surface area (Å²) in [6, 6.07) is 5.71. The number of rotatable bonds is 4. The third-order valence-electron chi connectivity index (χ3n) is 5.26. The molecule has 2 unspecified atom stereocenters. The molecule has 2 atom stereocenters. The molecule has 136 valence electrons. The van der Waals surface area contributed by atoms with Crippen LogP contribution in [-0.2, 0) is 4.79 Å². The summed E-state index contributed by atoms with van der Waals surface area (Å²) in [5.41, 5.74) is 10.0. The molecule has 2 aliphatic rings. The molecule has 1 amide bonds. The first-order valence-corrected chi connectivity index (χ1v) is 9.05. The lowest BCUT2D eigenvalue weighted by Gasteiger charge is -2.11. The topological polar surface area (TPSA) is 93.8 Å². The van der Waals surface area contributed by atoms with Crippen molar-refractivity contribution >= 4 is 28.2 Å². The molecule has 2 aliphatic carbocycles. The molecule has 0 radical (unpaired) electrons. The first-order valence-electron chi connectivity index (χ1n) is 9.05. The van der Waals surface area contributed by atoms with Gasteiger partial charge < -0.3 is 11.1 Å². The lowest BCUT2D eigenvalue weighted by molar-refractivity contribution is -0.117. The molecule has 2 saturated carbocycles. The molecule has 1 aromatic carbocycles. The summed E-state index contributed by atoms with van der Waals surface area (Å²) in [5.74, 6) is 0.0565. The number of nitrogens with two attached hydrogens (primary N) is 1. The van der Waals surface area contributed by atoms with Crippen molar-refractivity contribution in [2.45, 2.75) is 31.4 Å². The lowest BCUT2D eigenvalue weighted by atomic mass is 9.97. The smallest absolute Gasteiger partial charge is 0.231 e. The van der Waals surface area contributed by atoms with E-state index < -0.39 is 12.1 Å². The summed E-state index contributed by atoms with van der Waals surface area (Å²) in [4.78, 5) is 16.2. The van der Waals surface area contributed by atoms with Crippen molar-refractivity contribution in [3.05, 3.63) is 42.4 Å². The van der Waals surface area contributed by atoms with Gasteiger partial charge in [0, 0.05) is 22.8 Å². The van der Waals surface area contributed by atoms with Gasteiger partial charge in [0.25, 0.3) is 0 Å². The van der Waals surface area contributed by atoms with Crippen LogP contribution in [0.2, 0.25) is 0 Å². The first kappa shape index (κ1) is 16.1. The number of hydrogen-bond acceptors (Lipinski definition) is 5. The average Bonchev–Trinajstić information content (AvgIpc) is 3.57. The van der Waals surface area contributed by atoms with Crippen molar-refractivity contribution in [3.8, 4) is 11.1 Å². The van der Waals surface area contributed by atoms with Gasteiger partial charge in [0.15, 0.2) is 0 Å². The number of nitrogens with one attached hydrogen (secondary N) is 1. The quantitative estimate of drug-likeness (QED) is 0.693. The largest absolute Gasteiger partial charge is 0.398 e. The zero-order valence-corrected chi connectivity index (χ0v) is 14.5. The summed E-state index contributed by atoms with van der Waals surface area (Å²) in [6.07, 6.45) is 6.82. The Labute approximate surface area is 155 Å². The van der Waals surface area contributed by atoms with E-state index in [1.165, 1.54) is 18.4 Å². The molecule has 0 spiro atoms. The minimum Gasteiger partial charge on any atom is -0.398 e. The monoisotopic (exact) mass is 363 g/mol. The zero-order valence-electron chi connectivity index (χ0n) is 14.5. The van der Waals surface area contributed by atoms with Gasteiger partial charge in [-0.05, 0) is 59.9 Å². The van der Waals surface area contributed by atoms with Crippen LogP contribution in [0.4, 0.5) is 15.9 Å². The van der Waals surface area contributed by atoms with Crippen LogP contribution < -0.4 is 11.1 Å². The Morgan fingerprint density at radius 2 is 1.93 bits per heavy atom. The number of aromatic nitrogens is 3. The van der Waals surface area contributed by atoms with Gasteiger partial charge in [-0.25, -0.2) is 9.37 Å². The van der Waals surface area contributed by atoms with Gasteiger partial charge in [0.1, 0.15) is 12.0 Å². The fraction of sp³-hybridized carbons (Fsp3) is 0.300. The Morgan fingerprint density at radius 1 is 1.15 bits per heavy atom. The van der Waals surface area contributed by atoms with Gasteiger partial charge in [-0.15, -0.1) is 0 Å². The predicted molar refractivity (Wildman–Crippen MR) is 101 cm³/mol. The molecule has 2 fully saturated rings. The van der Waals surface area contributed by atoms with Gasteiger partial charge in [0.2, 0.25) is 5.91 Å². The number of carbonyl (C=O) groups is 1. The van der Waals surface area contributed by atoms with Crippen LogP contribution in [0, 0.1) is 5.92 Å². The Kier molecular flexibility index (Phi) is 3.56. The number of amides is 1. The van der Waals surface area contributed by atoms with Crippen LogP contribution >= 0.6 is 0 Å². The minimum atomic E-state index is -1.03. The van der Waals surface area contributed by atoms with Gasteiger partial charge in [-0.1, -0.05) is 0 Å². The predicted octanol–water partition coefficient (Wildman–Crippen LogP) is 3.45. The van der Waals surface area contributed by atoms with E-state index >= 15 is 0 Å². The van der Waals surface area contributed by atoms with E-state index in [2.05, 4.69) is 20.5 Å². The van der Waals surface area contributed by atoms with Crippen LogP contribution in [0.5, 0.6) is 0 Å². The van der Waals surface area contributed by atoms with Crippen molar-refractivity contribution in [2.24, 2.45) is 5.92 Å². The van der Waals surface area contributed by atoms with E-state index in [0.717, 1.165) is 21.9 Å². The van der Waals surface area contributed by atoms with Gasteiger partial charge in [-0.2, -0.15) is 10.2 Å². The maximum atomic E-state index is 13.1. The molecule has 2 heterocycles. The van der Waals surface area contributed by atoms with Crippen molar-refractivity contribution in [2.75, 3.05) is 11.1 Å². The maximum Gasteiger partial charge on any atom is 0.231 e. The fourth-order valence-electron chi connectivity index (χ4n) is 3.46. The van der Waals surface area contributed by atoms with E-state index in [1.54, 1.807) is 18.5 Å². The van der Waals surface area contributed by atoms with E-state index in [1.807, 2.05) is 18.3 Å². The lowest BCUT2D eigenvalue weighted by Crippen LogP contribution is -2.15. The zero-order chi connectivity index (χ0) is 18.5. The van der Waals surface area contributed by atoms with Crippen LogP contribution in [0.3, 0.4) is 0 Å². The van der Waals surface area contributed by atoms with Crippen molar-refractivity contribution in [3.63, 3.8) is 0 Å². The van der Waals surface area contributed by atoms with Crippen LogP contribution in [0.25, 0.3) is 21.9 Å². The number of benzene rings is 1. The third kappa shape index (κ3) is 2.99. The second-order valence-electron chi connectivity index (χ2n) is 7.34. The summed E-state index contributed by atoms with van der Waals surface area (Å²) in [6.45, 7) is 0. The normalized spacial score (nSPS) is 21.2. The third-order valence-corrected chi connectivity index (χ3v) is 5.26. The second kappa shape index (κ2) is 5.97. The number of alkyl halides is 1. The van der Waals surface area contributed by atoms with E-state index in [0.29, 0.717) is 17.4 Å². The number of fused-ring (bicyclic) bond motifs is 1. The van der Waals surface area contributed by atoms with Crippen molar-refractivity contribution in [1.82, 2.24) is 15.2 Å². The van der Waals surface area contributed by atoms with E-state index in [9.17, 15) is 9.18 Å². The number of halogens is 1. The summed E-state index contributed by atoms with van der Waals surface area (Å²) < 4.78 is 13.1. The second-order valence-corrected chi connectivity index (χ2v) is 7.34. The number of nitrogen functional groups attached to an aromatic ring is 1. The highest BCUT2D eigenvalue weighted by molar-refractivity contribution is 6.00. The van der Waals surface area contributed by atoms with Gasteiger partial charge in [-0.3, -0.25) is 4.79 Å². The highest BCUT2D eigenvalue weighted by atomic mass is 19.1. The van der Waals surface area contributed by atoms with Gasteiger partial charge >= 0.3 is 0 Å². The highest BCUT2D eigenvalue weighted by Gasteiger charge is 2.43. The number of carbonyl (C=O) groups excluding carboxylic acids is 1. The average molecular weight is 363 g/mol. The Balaban J connectivity index is 1.54. The van der Waals surface area contributed by atoms with Crippen molar-refractivity contribution in [1.29, 1.82) is 0 Å². The number of anilines is 2. The van der Waals surface area contributed by atoms with Crippen LogP contribution in [0.1, 0.15) is 30.7 Å². The highest BCUT2D eigenvalue weighted by Crippen LogP contribution is 2.44. The Bertz CT molecular complexity index is 1070. The Morgan fingerprint density at radius 3 is 2.67 bits per heavy atom. The fourth-order valence-corrected chi connectivity index (χ4v) is 3.46.